The summed E-state index contributed by atoms with van der Waals surface area (Å²) >= 11 is 0. The summed E-state index contributed by atoms with van der Waals surface area (Å²) in [7, 11) is 0. The van der Waals surface area contributed by atoms with Gasteiger partial charge in [0.2, 0.25) is 5.91 Å². The molecule has 3 N–H and O–H groups in total. The van der Waals surface area contributed by atoms with Crippen molar-refractivity contribution < 1.29 is 24.5 Å². The average molecular weight is 931 g/mol. The van der Waals surface area contributed by atoms with E-state index >= 15 is 0 Å². The molecule has 6 nitrogen and oxygen atoms in total. The molecular weight excluding hydrogens is 815 g/mol. The number of esters is 1. The first-order valence-corrected chi connectivity index (χ1v) is 29.6. The lowest BCUT2D eigenvalue weighted by Crippen LogP contribution is -2.45. The second-order valence-corrected chi connectivity index (χ2v) is 20.3. The maximum absolute atomic E-state index is 12.5. The molecule has 0 aromatic carbocycles. The summed E-state index contributed by atoms with van der Waals surface area (Å²) < 4.78 is 5.41. The van der Waals surface area contributed by atoms with E-state index in [0.29, 0.717) is 25.9 Å². The first-order chi connectivity index (χ1) is 32.5. The van der Waals surface area contributed by atoms with Gasteiger partial charge in [0.15, 0.2) is 0 Å². The van der Waals surface area contributed by atoms with Gasteiger partial charge in [-0.15, -0.1) is 0 Å². The highest BCUT2D eigenvalue weighted by atomic mass is 16.5. The fraction of sp³-hybridized carbons (Fsp3) is 0.900. The Labute approximate surface area is 411 Å². The van der Waals surface area contributed by atoms with Gasteiger partial charge in [-0.1, -0.05) is 289 Å². The number of nitrogens with one attached hydrogen (secondary N) is 1. The van der Waals surface area contributed by atoms with E-state index in [1.165, 1.54) is 238 Å². The molecule has 0 aromatic heterocycles. The molecule has 2 unspecified atom stereocenters. The minimum Gasteiger partial charge on any atom is -0.465 e. The van der Waals surface area contributed by atoms with Crippen molar-refractivity contribution in [3.63, 3.8) is 0 Å². The number of hydrogen-bond donors (Lipinski definition) is 3. The van der Waals surface area contributed by atoms with Crippen molar-refractivity contribution in [3.05, 3.63) is 24.3 Å². The number of ether oxygens (including phenoxy) is 1. The number of rotatable bonds is 55. The third-order valence-electron chi connectivity index (χ3n) is 13.8. The molecule has 66 heavy (non-hydrogen) atoms. The third-order valence-corrected chi connectivity index (χ3v) is 13.8. The molecule has 0 heterocycles. The summed E-state index contributed by atoms with van der Waals surface area (Å²) in [5.41, 5.74) is 0. The van der Waals surface area contributed by atoms with Gasteiger partial charge in [-0.2, -0.15) is 0 Å². The molecule has 0 aliphatic carbocycles. The maximum atomic E-state index is 12.5. The molecule has 6 heteroatoms. The van der Waals surface area contributed by atoms with Gasteiger partial charge in [0, 0.05) is 12.8 Å². The highest BCUT2D eigenvalue weighted by Gasteiger charge is 2.20. The molecule has 0 saturated carbocycles. The molecule has 0 rings (SSSR count). The van der Waals surface area contributed by atoms with Crippen molar-refractivity contribution in [1.82, 2.24) is 5.32 Å². The van der Waals surface area contributed by atoms with Gasteiger partial charge in [-0.05, 0) is 44.9 Å². The number of hydrogen-bond acceptors (Lipinski definition) is 5. The van der Waals surface area contributed by atoms with Crippen molar-refractivity contribution in [2.24, 2.45) is 0 Å². The van der Waals surface area contributed by atoms with Crippen LogP contribution >= 0.6 is 0 Å². The Balaban J connectivity index is 3.45. The molecule has 0 aromatic rings. The van der Waals surface area contributed by atoms with Crippen LogP contribution in [-0.4, -0.2) is 47.4 Å². The van der Waals surface area contributed by atoms with E-state index in [4.69, 9.17) is 4.74 Å². The van der Waals surface area contributed by atoms with Gasteiger partial charge in [0.1, 0.15) is 0 Å². The van der Waals surface area contributed by atoms with E-state index in [9.17, 15) is 19.8 Å². The van der Waals surface area contributed by atoms with Crippen LogP contribution in [0.2, 0.25) is 0 Å². The number of aliphatic hydroxyl groups excluding tert-OH is 2. The van der Waals surface area contributed by atoms with Crippen molar-refractivity contribution in [2.45, 2.75) is 334 Å². The van der Waals surface area contributed by atoms with E-state index in [0.717, 1.165) is 51.4 Å². The molecule has 0 aliphatic heterocycles. The van der Waals surface area contributed by atoms with E-state index in [-0.39, 0.29) is 18.5 Å². The number of carbonyl (C=O) groups is 2. The molecule has 2 atom stereocenters. The Kier molecular flexibility index (Phi) is 54.5. The number of carbonyl (C=O) groups excluding carboxylic acids is 2. The molecule has 0 radical (unpaired) electrons. The van der Waals surface area contributed by atoms with Crippen LogP contribution in [0.4, 0.5) is 0 Å². The smallest absolute Gasteiger partial charge is 0.305 e. The second-order valence-electron chi connectivity index (χ2n) is 20.3. The monoisotopic (exact) mass is 930 g/mol. The van der Waals surface area contributed by atoms with Crippen molar-refractivity contribution in [1.29, 1.82) is 0 Å². The Bertz CT molecular complexity index is 1030. The van der Waals surface area contributed by atoms with Crippen molar-refractivity contribution >= 4 is 11.9 Å². The van der Waals surface area contributed by atoms with E-state index in [2.05, 4.69) is 43.5 Å². The van der Waals surface area contributed by atoms with Crippen LogP contribution in [0.5, 0.6) is 0 Å². The molecule has 0 fully saturated rings. The number of aliphatic hydroxyl groups is 2. The van der Waals surface area contributed by atoms with Gasteiger partial charge in [0.25, 0.3) is 0 Å². The Hall–Kier alpha value is -1.66. The van der Waals surface area contributed by atoms with E-state index in [1.807, 2.05) is 0 Å². The largest absolute Gasteiger partial charge is 0.465 e. The highest BCUT2D eigenvalue weighted by Crippen LogP contribution is 2.17. The van der Waals surface area contributed by atoms with E-state index < -0.39 is 12.1 Å². The predicted molar refractivity (Wildman–Crippen MR) is 287 cm³/mol. The quantitative estimate of drug-likeness (QED) is 0.0321. The highest BCUT2D eigenvalue weighted by molar-refractivity contribution is 5.76. The molecule has 390 valence electrons. The summed E-state index contributed by atoms with van der Waals surface area (Å²) in [4.78, 5) is 24.5. The Morgan fingerprint density at radius 1 is 0.424 bits per heavy atom. The number of amides is 1. The number of allylic oxidation sites excluding steroid dienone is 3. The first kappa shape index (κ1) is 64.3. The predicted octanol–water partition coefficient (Wildman–Crippen LogP) is 18.2. The third kappa shape index (κ3) is 51.7. The standard InChI is InChI=1S/C60H115NO5/c1-3-5-7-9-11-13-15-17-25-29-32-36-40-44-48-52-58(63)57(56-62)61-59(64)53-49-45-41-37-33-30-26-23-21-19-18-20-22-24-27-31-35-39-43-47-51-55-66-60(65)54-50-46-42-38-34-28-16-14-12-10-8-6-4-2/h31,35,43,47,57-58,62-63H,3-30,32-34,36-42,44-46,48-56H2,1-2H3,(H,61,64)/b35-31-,47-43-. The lowest BCUT2D eigenvalue weighted by Gasteiger charge is -2.22. The minimum atomic E-state index is -0.667. The van der Waals surface area contributed by atoms with Gasteiger partial charge in [0.05, 0.1) is 25.4 Å². The lowest BCUT2D eigenvalue weighted by molar-refractivity contribution is -0.143. The fourth-order valence-corrected chi connectivity index (χ4v) is 9.24. The zero-order valence-electron chi connectivity index (χ0n) is 44.4. The van der Waals surface area contributed by atoms with Crippen molar-refractivity contribution in [2.75, 3.05) is 13.2 Å². The molecule has 0 spiro atoms. The summed E-state index contributed by atoms with van der Waals surface area (Å²) in [5.74, 6) is -0.0714. The molecular formula is C60H115NO5. The van der Waals surface area contributed by atoms with Gasteiger partial charge in [-0.3, -0.25) is 9.59 Å². The van der Waals surface area contributed by atoms with Gasteiger partial charge in [-0.25, -0.2) is 0 Å². The van der Waals surface area contributed by atoms with Crippen LogP contribution < -0.4 is 5.32 Å². The zero-order chi connectivity index (χ0) is 47.9. The van der Waals surface area contributed by atoms with Crippen LogP contribution in [0.1, 0.15) is 322 Å². The van der Waals surface area contributed by atoms with Crippen LogP contribution in [0.3, 0.4) is 0 Å². The summed E-state index contributed by atoms with van der Waals surface area (Å²) in [6.45, 7) is 4.86. The zero-order valence-corrected chi connectivity index (χ0v) is 44.4. The second kappa shape index (κ2) is 55.9. The summed E-state index contributed by atoms with van der Waals surface area (Å²) in [5, 5.41) is 23.3. The topological polar surface area (TPSA) is 95.9 Å². The first-order valence-electron chi connectivity index (χ1n) is 29.6. The Morgan fingerprint density at radius 3 is 1.15 bits per heavy atom. The van der Waals surface area contributed by atoms with E-state index in [1.54, 1.807) is 0 Å². The van der Waals surface area contributed by atoms with Crippen LogP contribution in [0.25, 0.3) is 0 Å². The summed E-state index contributed by atoms with van der Waals surface area (Å²) in [6.07, 6.45) is 67.6. The molecule has 0 bridgehead atoms. The van der Waals surface area contributed by atoms with Crippen molar-refractivity contribution in [3.8, 4) is 0 Å². The number of unbranched alkanes of at least 4 members (excludes halogenated alkanes) is 40. The normalized spacial score (nSPS) is 12.7. The molecule has 1 amide bonds. The molecule has 0 aliphatic rings. The Morgan fingerprint density at radius 2 is 0.758 bits per heavy atom. The van der Waals surface area contributed by atoms with Crippen LogP contribution in [0, 0.1) is 0 Å². The molecule has 0 saturated heterocycles. The maximum Gasteiger partial charge on any atom is 0.305 e. The van der Waals surface area contributed by atoms with Gasteiger partial charge >= 0.3 is 5.97 Å². The van der Waals surface area contributed by atoms with Gasteiger partial charge < -0.3 is 20.3 Å². The minimum absolute atomic E-state index is 0.0334. The summed E-state index contributed by atoms with van der Waals surface area (Å²) in [6, 6.07) is -0.545. The van der Waals surface area contributed by atoms with Crippen LogP contribution in [0.15, 0.2) is 24.3 Å². The average Bonchev–Trinajstić information content (AvgIpc) is 3.32. The fourth-order valence-electron chi connectivity index (χ4n) is 9.24. The SMILES string of the molecule is CCCCCCCCCCCCCCCCCC(O)C(CO)NC(=O)CCCCCCCCCCCCCCCC/C=C\C/C=C\CCOC(=O)CCCCCCCCCCCCCCC. The van der Waals surface area contributed by atoms with Crippen LogP contribution in [-0.2, 0) is 14.3 Å². The lowest BCUT2D eigenvalue weighted by atomic mass is 10.0.